The minimum absolute atomic E-state index is 0.163. The van der Waals surface area contributed by atoms with Crippen molar-refractivity contribution in [1.29, 1.82) is 0 Å². The predicted octanol–water partition coefficient (Wildman–Crippen LogP) is 1.64. The van der Waals surface area contributed by atoms with Crippen molar-refractivity contribution in [3.05, 3.63) is 0 Å². The van der Waals surface area contributed by atoms with Gasteiger partial charge in [0.2, 0.25) is 5.91 Å². The van der Waals surface area contributed by atoms with Crippen LogP contribution in [0, 0.1) is 0 Å². The summed E-state index contributed by atoms with van der Waals surface area (Å²) in [6, 6.07) is 0. The van der Waals surface area contributed by atoms with Crippen LogP contribution in [0.25, 0.3) is 0 Å². The molecule has 0 aliphatic rings. The molecule has 0 heterocycles. The largest absolute Gasteiger partial charge is 0.285 e. The molecule has 2 amide bonds. The summed E-state index contributed by atoms with van der Waals surface area (Å²) in [5, 5.41) is -0.473. The lowest BCUT2D eigenvalue weighted by Gasteiger charge is -2.14. The van der Waals surface area contributed by atoms with Crippen LogP contribution in [0.3, 0.4) is 0 Å². The third-order valence-corrected chi connectivity index (χ3v) is 2.38. The summed E-state index contributed by atoms with van der Waals surface area (Å²) in [5.74, 6) is 1.07. The number of imide groups is 1. The minimum atomic E-state index is -0.473. The van der Waals surface area contributed by atoms with Gasteiger partial charge in [-0.2, -0.15) is 11.8 Å². The molecule has 0 atom stereocenters. The molecular formula is C7H13NO2S2. The van der Waals surface area contributed by atoms with Crippen molar-refractivity contribution in [2.45, 2.75) is 13.8 Å². The highest BCUT2D eigenvalue weighted by Crippen LogP contribution is 2.03. The third kappa shape index (κ3) is 4.01. The second-order valence-electron chi connectivity index (χ2n) is 2.06. The van der Waals surface area contributed by atoms with Gasteiger partial charge in [-0.3, -0.25) is 14.5 Å². The fraction of sp³-hybridized carbons (Fsp3) is 0.714. The number of thioether (sulfide) groups is 1. The summed E-state index contributed by atoms with van der Waals surface area (Å²) >= 11 is 5.09. The van der Waals surface area contributed by atoms with Crippen LogP contribution < -0.4 is 0 Å². The van der Waals surface area contributed by atoms with E-state index < -0.39 is 5.24 Å². The van der Waals surface area contributed by atoms with Crippen LogP contribution in [0.1, 0.15) is 13.8 Å². The van der Waals surface area contributed by atoms with Crippen LogP contribution in [0.2, 0.25) is 0 Å². The molecule has 0 radical (unpaired) electrons. The van der Waals surface area contributed by atoms with E-state index in [1.165, 1.54) is 11.8 Å². The van der Waals surface area contributed by atoms with Crippen LogP contribution in [0.4, 0.5) is 4.79 Å². The lowest BCUT2D eigenvalue weighted by atomic mass is 10.5. The number of nitrogens with zero attached hydrogens (tertiary/aromatic N) is 1. The van der Waals surface area contributed by atoms with Gasteiger partial charge in [0.1, 0.15) is 0 Å². The van der Waals surface area contributed by atoms with Gasteiger partial charge in [0, 0.05) is 6.54 Å². The van der Waals surface area contributed by atoms with Gasteiger partial charge in [-0.05, 0) is 12.7 Å². The maximum Gasteiger partial charge on any atom is 0.285 e. The van der Waals surface area contributed by atoms with E-state index in [-0.39, 0.29) is 5.91 Å². The van der Waals surface area contributed by atoms with Gasteiger partial charge in [0.15, 0.2) is 0 Å². The van der Waals surface area contributed by atoms with Crippen LogP contribution in [0.5, 0.6) is 0 Å². The average molecular weight is 207 g/mol. The van der Waals surface area contributed by atoms with Crippen molar-refractivity contribution < 1.29 is 9.59 Å². The molecule has 0 aromatic heterocycles. The average Bonchev–Trinajstić information content (AvgIpc) is 2.01. The number of hydrogen-bond donors (Lipinski definition) is 1. The van der Waals surface area contributed by atoms with E-state index in [1.54, 1.807) is 6.92 Å². The van der Waals surface area contributed by atoms with E-state index in [0.717, 1.165) is 10.7 Å². The summed E-state index contributed by atoms with van der Waals surface area (Å²) in [5.41, 5.74) is 0. The molecule has 5 heteroatoms. The van der Waals surface area contributed by atoms with Crippen molar-refractivity contribution in [3.8, 4) is 0 Å². The monoisotopic (exact) mass is 207 g/mol. The normalized spacial score (nSPS) is 9.58. The van der Waals surface area contributed by atoms with Gasteiger partial charge in [-0.1, -0.05) is 19.6 Å². The molecule has 12 heavy (non-hydrogen) atoms. The quantitative estimate of drug-likeness (QED) is 0.712. The van der Waals surface area contributed by atoms with Crippen molar-refractivity contribution >= 4 is 35.5 Å². The highest BCUT2D eigenvalue weighted by Gasteiger charge is 2.15. The van der Waals surface area contributed by atoms with Crippen LogP contribution in [-0.4, -0.2) is 34.1 Å². The Hall–Kier alpha value is -0.160. The molecule has 0 fully saturated rings. The number of hydrogen-bond acceptors (Lipinski definition) is 3. The van der Waals surface area contributed by atoms with E-state index in [4.69, 9.17) is 0 Å². The Balaban J connectivity index is 3.95. The predicted molar refractivity (Wildman–Crippen MR) is 54.8 cm³/mol. The number of rotatable bonds is 4. The summed E-state index contributed by atoms with van der Waals surface area (Å²) in [6.07, 6.45) is 0. The Morgan fingerprint density at radius 2 is 2.00 bits per heavy atom. The molecule has 0 aliphatic heterocycles. The van der Waals surface area contributed by atoms with E-state index in [2.05, 4.69) is 12.6 Å². The van der Waals surface area contributed by atoms with Gasteiger partial charge >= 0.3 is 0 Å². The van der Waals surface area contributed by atoms with E-state index in [0.29, 0.717) is 12.3 Å². The van der Waals surface area contributed by atoms with Gasteiger partial charge in [-0.15, -0.1) is 0 Å². The lowest BCUT2D eigenvalue weighted by Crippen LogP contribution is -2.34. The van der Waals surface area contributed by atoms with E-state index in [9.17, 15) is 9.59 Å². The molecule has 3 nitrogen and oxygen atoms in total. The Kier molecular flexibility index (Phi) is 6.28. The lowest BCUT2D eigenvalue weighted by molar-refractivity contribution is -0.124. The zero-order valence-electron chi connectivity index (χ0n) is 7.24. The molecule has 0 aliphatic carbocycles. The zero-order valence-corrected chi connectivity index (χ0v) is 8.95. The topological polar surface area (TPSA) is 37.4 Å². The molecule has 70 valence electrons. The fourth-order valence-corrected chi connectivity index (χ4v) is 1.47. The third-order valence-electron chi connectivity index (χ3n) is 1.28. The standard InChI is InChI=1S/C7H13NO2S2/c1-3-8(7(10)11)6(9)5-12-4-2/h3-5H2,1-2H3,(H,10,11). The summed E-state index contributed by atoms with van der Waals surface area (Å²) < 4.78 is 0. The number of thiol groups is 1. The summed E-state index contributed by atoms with van der Waals surface area (Å²) in [7, 11) is 0. The second kappa shape index (κ2) is 6.37. The fourth-order valence-electron chi connectivity index (χ4n) is 0.686. The maximum atomic E-state index is 11.2. The first-order chi connectivity index (χ1) is 5.63. The Morgan fingerprint density at radius 3 is 2.33 bits per heavy atom. The molecule has 0 bridgehead atoms. The maximum absolute atomic E-state index is 11.2. The summed E-state index contributed by atoms with van der Waals surface area (Å²) in [4.78, 5) is 23.1. The van der Waals surface area contributed by atoms with E-state index >= 15 is 0 Å². The van der Waals surface area contributed by atoms with Gasteiger partial charge < -0.3 is 0 Å². The smallest absolute Gasteiger partial charge is 0.273 e. The Bertz CT molecular complexity index is 173. The Morgan fingerprint density at radius 1 is 1.42 bits per heavy atom. The van der Waals surface area contributed by atoms with Gasteiger partial charge in [0.05, 0.1) is 5.75 Å². The first-order valence-electron chi connectivity index (χ1n) is 3.74. The Labute approximate surface area is 82.3 Å². The molecule has 0 saturated carbocycles. The highest BCUT2D eigenvalue weighted by molar-refractivity contribution is 8.00. The van der Waals surface area contributed by atoms with Crippen LogP contribution in [-0.2, 0) is 4.79 Å². The number of amides is 2. The first-order valence-corrected chi connectivity index (χ1v) is 5.34. The molecule has 0 aromatic carbocycles. The molecule has 0 aromatic rings. The zero-order chi connectivity index (χ0) is 9.56. The summed E-state index contributed by atoms with van der Waals surface area (Å²) in [6.45, 7) is 4.12. The SMILES string of the molecule is CCSCC(=O)N(CC)C(=O)S. The highest BCUT2D eigenvalue weighted by atomic mass is 32.2. The molecule has 0 saturated heterocycles. The number of carbonyl (C=O) groups excluding carboxylic acids is 2. The van der Waals surface area contributed by atoms with Gasteiger partial charge in [0.25, 0.3) is 5.24 Å². The van der Waals surface area contributed by atoms with Gasteiger partial charge in [-0.25, -0.2) is 0 Å². The van der Waals surface area contributed by atoms with Crippen molar-refractivity contribution in [2.24, 2.45) is 0 Å². The van der Waals surface area contributed by atoms with Crippen molar-refractivity contribution in [1.82, 2.24) is 4.90 Å². The van der Waals surface area contributed by atoms with Crippen LogP contribution >= 0.6 is 24.4 Å². The van der Waals surface area contributed by atoms with Crippen LogP contribution in [0.15, 0.2) is 0 Å². The second-order valence-corrected chi connectivity index (χ2v) is 3.71. The van der Waals surface area contributed by atoms with E-state index in [1.807, 2.05) is 6.92 Å². The molecule has 0 N–H and O–H groups in total. The molecular weight excluding hydrogens is 194 g/mol. The minimum Gasteiger partial charge on any atom is -0.273 e. The molecule has 0 rings (SSSR count). The first kappa shape index (κ1) is 11.8. The number of carbonyl (C=O) groups is 2. The molecule has 0 unspecified atom stereocenters. The van der Waals surface area contributed by atoms with Crippen molar-refractivity contribution in [3.63, 3.8) is 0 Å². The van der Waals surface area contributed by atoms with Crippen molar-refractivity contribution in [2.75, 3.05) is 18.1 Å². The molecule has 0 spiro atoms.